The van der Waals surface area contributed by atoms with Crippen LogP contribution in [-0.2, 0) is 11.3 Å². The van der Waals surface area contributed by atoms with Crippen molar-refractivity contribution in [1.82, 2.24) is 5.32 Å². The quantitative estimate of drug-likeness (QED) is 0.853. The Morgan fingerprint density at radius 1 is 1.40 bits per heavy atom. The Hall–Kier alpha value is -0.580. The van der Waals surface area contributed by atoms with Crippen LogP contribution in [0.25, 0.3) is 0 Å². The van der Waals surface area contributed by atoms with Gasteiger partial charge in [-0.2, -0.15) is 0 Å². The van der Waals surface area contributed by atoms with E-state index in [0.717, 1.165) is 36.2 Å². The standard InChI is InChI=1S/C16H24BrNO2/c1-4-18-9-13-8-14(17)7-11(2)16(13)19-10-15-6-5-12(3)20-15/h7-8,12,15,18H,4-6,9-10H2,1-3H3. The first kappa shape index (κ1) is 15.8. The van der Waals surface area contributed by atoms with Gasteiger partial charge in [-0.15, -0.1) is 0 Å². The van der Waals surface area contributed by atoms with E-state index in [0.29, 0.717) is 12.7 Å². The summed E-state index contributed by atoms with van der Waals surface area (Å²) in [6.45, 7) is 8.75. The maximum Gasteiger partial charge on any atom is 0.126 e. The van der Waals surface area contributed by atoms with Crippen LogP contribution in [0, 0.1) is 6.92 Å². The number of benzene rings is 1. The van der Waals surface area contributed by atoms with Crippen molar-refractivity contribution in [3.63, 3.8) is 0 Å². The summed E-state index contributed by atoms with van der Waals surface area (Å²) in [4.78, 5) is 0. The Morgan fingerprint density at radius 3 is 2.85 bits per heavy atom. The minimum atomic E-state index is 0.236. The minimum absolute atomic E-state index is 0.236. The lowest BCUT2D eigenvalue weighted by molar-refractivity contribution is 0.0261. The predicted molar refractivity (Wildman–Crippen MR) is 85.3 cm³/mol. The summed E-state index contributed by atoms with van der Waals surface area (Å²) in [5.41, 5.74) is 2.36. The van der Waals surface area contributed by atoms with Gasteiger partial charge in [0, 0.05) is 16.6 Å². The zero-order valence-electron chi connectivity index (χ0n) is 12.5. The molecule has 0 spiro atoms. The Morgan fingerprint density at radius 2 is 2.20 bits per heavy atom. The third kappa shape index (κ3) is 4.21. The lowest BCUT2D eigenvalue weighted by Crippen LogP contribution is -2.20. The van der Waals surface area contributed by atoms with Gasteiger partial charge in [0.05, 0.1) is 12.2 Å². The van der Waals surface area contributed by atoms with Crippen LogP contribution in [0.1, 0.15) is 37.8 Å². The van der Waals surface area contributed by atoms with E-state index in [1.54, 1.807) is 0 Å². The summed E-state index contributed by atoms with van der Waals surface area (Å²) >= 11 is 3.56. The second kappa shape index (κ2) is 7.43. The van der Waals surface area contributed by atoms with Crippen molar-refractivity contribution < 1.29 is 9.47 Å². The molecular weight excluding hydrogens is 318 g/mol. The third-order valence-corrected chi connectivity index (χ3v) is 4.07. The Labute approximate surface area is 130 Å². The van der Waals surface area contributed by atoms with Gasteiger partial charge in [0.2, 0.25) is 0 Å². The first-order valence-electron chi connectivity index (χ1n) is 7.38. The summed E-state index contributed by atoms with van der Waals surface area (Å²) in [6.07, 6.45) is 2.84. The molecule has 0 amide bonds. The van der Waals surface area contributed by atoms with Gasteiger partial charge in [-0.25, -0.2) is 0 Å². The van der Waals surface area contributed by atoms with Gasteiger partial charge in [-0.1, -0.05) is 22.9 Å². The molecule has 0 saturated carbocycles. The van der Waals surface area contributed by atoms with Gasteiger partial charge in [-0.3, -0.25) is 0 Å². The van der Waals surface area contributed by atoms with Crippen LogP contribution in [0.3, 0.4) is 0 Å². The summed E-state index contributed by atoms with van der Waals surface area (Å²) < 4.78 is 13.0. The molecule has 0 radical (unpaired) electrons. The molecule has 1 aliphatic heterocycles. The highest BCUT2D eigenvalue weighted by atomic mass is 79.9. The molecule has 1 saturated heterocycles. The average molecular weight is 342 g/mol. The third-order valence-electron chi connectivity index (χ3n) is 3.62. The van der Waals surface area contributed by atoms with E-state index in [9.17, 15) is 0 Å². The smallest absolute Gasteiger partial charge is 0.126 e. The number of nitrogens with one attached hydrogen (secondary N) is 1. The van der Waals surface area contributed by atoms with Crippen molar-refractivity contribution in [3.05, 3.63) is 27.7 Å². The highest BCUT2D eigenvalue weighted by Gasteiger charge is 2.22. The maximum atomic E-state index is 6.07. The SMILES string of the molecule is CCNCc1cc(Br)cc(C)c1OCC1CCC(C)O1. The molecule has 0 aliphatic carbocycles. The molecule has 3 nitrogen and oxygen atoms in total. The zero-order valence-corrected chi connectivity index (χ0v) is 14.1. The molecule has 4 heteroatoms. The van der Waals surface area contributed by atoms with Crippen LogP contribution < -0.4 is 10.1 Å². The van der Waals surface area contributed by atoms with Gasteiger partial charge in [0.15, 0.2) is 0 Å². The summed E-state index contributed by atoms with van der Waals surface area (Å²) in [5.74, 6) is 0.998. The fraction of sp³-hybridized carbons (Fsp3) is 0.625. The largest absolute Gasteiger partial charge is 0.490 e. The monoisotopic (exact) mass is 341 g/mol. The van der Waals surface area contributed by atoms with Crippen molar-refractivity contribution in [3.8, 4) is 5.75 Å². The molecule has 1 aliphatic rings. The van der Waals surface area contributed by atoms with E-state index in [1.807, 2.05) is 0 Å². The second-order valence-electron chi connectivity index (χ2n) is 5.45. The van der Waals surface area contributed by atoms with Crippen LogP contribution in [-0.4, -0.2) is 25.4 Å². The first-order chi connectivity index (χ1) is 9.60. The molecule has 1 aromatic carbocycles. The lowest BCUT2D eigenvalue weighted by atomic mass is 10.1. The minimum Gasteiger partial charge on any atom is -0.490 e. The molecule has 0 bridgehead atoms. The number of halogens is 1. The number of hydrogen-bond donors (Lipinski definition) is 1. The molecule has 1 fully saturated rings. The van der Waals surface area contributed by atoms with Crippen molar-refractivity contribution >= 4 is 15.9 Å². The normalized spacial score (nSPS) is 22.2. The van der Waals surface area contributed by atoms with Crippen molar-refractivity contribution in [2.24, 2.45) is 0 Å². The fourth-order valence-electron chi connectivity index (χ4n) is 2.58. The van der Waals surface area contributed by atoms with Gasteiger partial charge < -0.3 is 14.8 Å². The molecule has 2 atom stereocenters. The van der Waals surface area contributed by atoms with E-state index in [4.69, 9.17) is 9.47 Å². The van der Waals surface area contributed by atoms with Crippen LogP contribution in [0.5, 0.6) is 5.75 Å². The van der Waals surface area contributed by atoms with Crippen molar-refractivity contribution in [1.29, 1.82) is 0 Å². The highest BCUT2D eigenvalue weighted by Crippen LogP contribution is 2.29. The van der Waals surface area contributed by atoms with Gasteiger partial charge in [-0.05, 0) is 50.9 Å². The number of rotatable bonds is 6. The summed E-state index contributed by atoms with van der Waals surface area (Å²) in [6, 6.07) is 4.23. The molecule has 2 rings (SSSR count). The van der Waals surface area contributed by atoms with Crippen LogP contribution in [0.4, 0.5) is 0 Å². The van der Waals surface area contributed by atoms with E-state index >= 15 is 0 Å². The predicted octanol–water partition coefficient (Wildman–Crippen LogP) is 3.81. The van der Waals surface area contributed by atoms with Crippen molar-refractivity contribution in [2.75, 3.05) is 13.2 Å². The maximum absolute atomic E-state index is 6.07. The number of aryl methyl sites for hydroxylation is 1. The van der Waals surface area contributed by atoms with Crippen LogP contribution in [0.2, 0.25) is 0 Å². The molecule has 0 aromatic heterocycles. The van der Waals surface area contributed by atoms with E-state index < -0.39 is 0 Å². The van der Waals surface area contributed by atoms with Gasteiger partial charge in [0.1, 0.15) is 12.4 Å². The van der Waals surface area contributed by atoms with E-state index in [2.05, 4.69) is 54.2 Å². The molecule has 20 heavy (non-hydrogen) atoms. The molecule has 112 valence electrons. The Kier molecular flexibility index (Phi) is 5.87. The van der Waals surface area contributed by atoms with Crippen molar-refractivity contribution in [2.45, 2.75) is 52.4 Å². The summed E-state index contributed by atoms with van der Waals surface area (Å²) in [7, 11) is 0. The lowest BCUT2D eigenvalue weighted by Gasteiger charge is -2.18. The molecule has 2 unspecified atom stereocenters. The number of ether oxygens (including phenoxy) is 2. The van der Waals surface area contributed by atoms with Gasteiger partial charge >= 0.3 is 0 Å². The number of hydrogen-bond acceptors (Lipinski definition) is 3. The second-order valence-corrected chi connectivity index (χ2v) is 6.36. The van der Waals surface area contributed by atoms with E-state index in [1.165, 1.54) is 11.1 Å². The average Bonchev–Trinajstić information content (AvgIpc) is 2.80. The molecule has 1 aromatic rings. The Balaban J connectivity index is 2.04. The molecular formula is C16H24BrNO2. The van der Waals surface area contributed by atoms with Crippen LogP contribution >= 0.6 is 15.9 Å². The topological polar surface area (TPSA) is 30.5 Å². The highest BCUT2D eigenvalue weighted by molar-refractivity contribution is 9.10. The van der Waals surface area contributed by atoms with E-state index in [-0.39, 0.29) is 6.10 Å². The fourth-order valence-corrected chi connectivity index (χ4v) is 3.20. The first-order valence-corrected chi connectivity index (χ1v) is 8.17. The Bertz CT molecular complexity index is 450. The summed E-state index contributed by atoms with van der Waals surface area (Å²) in [5, 5.41) is 3.36. The van der Waals surface area contributed by atoms with Gasteiger partial charge in [0.25, 0.3) is 0 Å². The molecule has 1 N–H and O–H groups in total. The molecule has 1 heterocycles. The van der Waals surface area contributed by atoms with Crippen LogP contribution in [0.15, 0.2) is 16.6 Å². The zero-order chi connectivity index (χ0) is 14.5.